The van der Waals surface area contributed by atoms with E-state index in [0.717, 1.165) is 17.0 Å². The first kappa shape index (κ1) is 20.2. The highest BCUT2D eigenvalue weighted by atomic mass is 32.2. The van der Waals surface area contributed by atoms with Gasteiger partial charge in [-0.25, -0.2) is 13.4 Å². The maximum atomic E-state index is 12.7. The first-order valence-corrected chi connectivity index (χ1v) is 11.5. The van der Waals surface area contributed by atoms with Gasteiger partial charge in [-0.3, -0.25) is 14.8 Å². The largest absolute Gasteiger partial charge is 0.322 e. The van der Waals surface area contributed by atoms with Crippen LogP contribution in [-0.4, -0.2) is 59.0 Å². The number of nitrogens with one attached hydrogen (secondary N) is 2. The topological polar surface area (TPSA) is 108 Å². The number of sulfone groups is 1. The summed E-state index contributed by atoms with van der Waals surface area (Å²) >= 11 is 0. The summed E-state index contributed by atoms with van der Waals surface area (Å²) in [7, 11) is -2.90. The third-order valence-corrected chi connectivity index (χ3v) is 6.64. The quantitative estimate of drug-likeness (QED) is 0.649. The molecule has 3 aromatic rings. The summed E-state index contributed by atoms with van der Waals surface area (Å²) < 4.78 is 23.2. The van der Waals surface area contributed by atoms with Gasteiger partial charge in [0.25, 0.3) is 5.91 Å². The van der Waals surface area contributed by atoms with Crippen LogP contribution in [0, 0.1) is 6.92 Å². The Kier molecular flexibility index (Phi) is 5.65. The van der Waals surface area contributed by atoms with Crippen LogP contribution < -0.4 is 5.32 Å². The summed E-state index contributed by atoms with van der Waals surface area (Å²) in [6.07, 6.45) is 0. The molecule has 1 aromatic heterocycles. The fourth-order valence-corrected chi connectivity index (χ4v) is 4.63. The highest BCUT2D eigenvalue weighted by Crippen LogP contribution is 2.19. The molecular weight excluding hydrogens is 402 g/mol. The van der Waals surface area contributed by atoms with Crippen LogP contribution in [0.5, 0.6) is 0 Å². The molecule has 0 radical (unpaired) electrons. The number of hydrogen-bond acceptors (Lipinski definition) is 6. The second-order valence-electron chi connectivity index (χ2n) is 7.40. The normalized spacial score (nSPS) is 16.3. The number of carbonyl (C=O) groups is 1. The zero-order valence-electron chi connectivity index (χ0n) is 16.6. The summed E-state index contributed by atoms with van der Waals surface area (Å²) in [6.45, 7) is 3.51. The lowest BCUT2D eigenvalue weighted by atomic mass is 10.1. The van der Waals surface area contributed by atoms with Crippen LogP contribution in [0.4, 0.5) is 5.69 Å². The van der Waals surface area contributed by atoms with Crippen LogP contribution in [0.15, 0.2) is 48.5 Å². The second kappa shape index (κ2) is 8.37. The Morgan fingerprint density at radius 2 is 1.87 bits per heavy atom. The number of nitrogens with zero attached hydrogens (tertiary/aromatic N) is 3. The van der Waals surface area contributed by atoms with Gasteiger partial charge in [0.1, 0.15) is 5.82 Å². The van der Waals surface area contributed by atoms with Crippen molar-refractivity contribution in [3.63, 3.8) is 0 Å². The average Bonchev–Trinajstić information content (AvgIpc) is 3.17. The molecule has 8 nitrogen and oxygen atoms in total. The minimum absolute atomic E-state index is 0.191. The van der Waals surface area contributed by atoms with Crippen molar-refractivity contribution in [3.05, 3.63) is 65.5 Å². The molecule has 1 saturated heterocycles. The van der Waals surface area contributed by atoms with Crippen molar-refractivity contribution in [3.8, 4) is 11.4 Å². The van der Waals surface area contributed by atoms with Gasteiger partial charge in [-0.2, -0.15) is 5.10 Å². The monoisotopic (exact) mass is 425 g/mol. The van der Waals surface area contributed by atoms with E-state index in [4.69, 9.17) is 0 Å². The molecule has 0 bridgehead atoms. The first-order chi connectivity index (χ1) is 14.4. The van der Waals surface area contributed by atoms with E-state index in [2.05, 4.69) is 25.4 Å². The number of carbonyl (C=O) groups excluding carboxylic acids is 1. The van der Waals surface area contributed by atoms with Crippen molar-refractivity contribution in [2.75, 3.05) is 29.9 Å². The van der Waals surface area contributed by atoms with Gasteiger partial charge in [0.15, 0.2) is 15.7 Å². The summed E-state index contributed by atoms with van der Waals surface area (Å²) in [5, 5.41) is 9.84. The van der Waals surface area contributed by atoms with Crippen molar-refractivity contribution in [2.24, 2.45) is 0 Å². The summed E-state index contributed by atoms with van der Waals surface area (Å²) in [5.74, 6) is 1.55. The van der Waals surface area contributed by atoms with E-state index >= 15 is 0 Å². The molecule has 0 spiro atoms. The Balaban J connectivity index is 1.39. The molecular formula is C21H23N5O3S. The molecule has 1 fully saturated rings. The number of H-pyrrole nitrogens is 1. The standard InChI is InChI=1S/C21H23N5O3S/c1-15-22-20(25-24-15)17-5-7-19(8-6-17)23-21(27)18-4-2-3-16(13-18)14-26-9-11-30(28,29)12-10-26/h2-8,13H,9-12,14H2,1H3,(H,23,27)(H,22,24,25). The number of rotatable bonds is 5. The lowest BCUT2D eigenvalue weighted by Crippen LogP contribution is -2.39. The van der Waals surface area contributed by atoms with E-state index < -0.39 is 9.84 Å². The van der Waals surface area contributed by atoms with Crippen LogP contribution >= 0.6 is 0 Å². The Morgan fingerprint density at radius 3 is 2.53 bits per heavy atom. The van der Waals surface area contributed by atoms with E-state index in [1.807, 2.05) is 49.4 Å². The highest BCUT2D eigenvalue weighted by molar-refractivity contribution is 7.91. The van der Waals surface area contributed by atoms with Gasteiger partial charge in [0, 0.05) is 36.4 Å². The minimum atomic E-state index is -2.90. The smallest absolute Gasteiger partial charge is 0.255 e. The zero-order chi connectivity index (χ0) is 21.1. The molecule has 156 valence electrons. The Bertz CT molecular complexity index is 1140. The Hall–Kier alpha value is -3.04. The SMILES string of the molecule is Cc1nc(-c2ccc(NC(=O)c3cccc(CN4CCS(=O)(=O)CC4)c3)cc2)n[nH]1. The molecule has 1 amide bonds. The number of anilines is 1. The molecule has 30 heavy (non-hydrogen) atoms. The van der Waals surface area contributed by atoms with E-state index in [9.17, 15) is 13.2 Å². The molecule has 0 saturated carbocycles. The Labute approximate surface area is 175 Å². The predicted octanol–water partition coefficient (Wildman–Crippen LogP) is 2.26. The zero-order valence-corrected chi connectivity index (χ0v) is 17.4. The minimum Gasteiger partial charge on any atom is -0.322 e. The molecule has 1 aliphatic heterocycles. The van der Waals surface area contributed by atoms with E-state index in [1.165, 1.54) is 0 Å². The van der Waals surface area contributed by atoms with Gasteiger partial charge in [-0.15, -0.1) is 0 Å². The van der Waals surface area contributed by atoms with Crippen molar-refractivity contribution < 1.29 is 13.2 Å². The van der Waals surface area contributed by atoms with Crippen LogP contribution in [0.2, 0.25) is 0 Å². The fraction of sp³-hybridized carbons (Fsp3) is 0.286. The van der Waals surface area contributed by atoms with Gasteiger partial charge in [-0.05, 0) is 48.9 Å². The highest BCUT2D eigenvalue weighted by Gasteiger charge is 2.21. The first-order valence-electron chi connectivity index (χ1n) is 9.70. The van der Waals surface area contributed by atoms with Crippen molar-refractivity contribution in [2.45, 2.75) is 13.5 Å². The maximum absolute atomic E-state index is 12.7. The van der Waals surface area contributed by atoms with E-state index in [0.29, 0.717) is 36.7 Å². The second-order valence-corrected chi connectivity index (χ2v) is 9.71. The number of aromatic nitrogens is 3. The van der Waals surface area contributed by atoms with Crippen LogP contribution in [0.1, 0.15) is 21.7 Å². The number of amides is 1. The predicted molar refractivity (Wildman–Crippen MR) is 115 cm³/mol. The molecule has 1 aliphatic rings. The number of hydrogen-bond donors (Lipinski definition) is 2. The van der Waals surface area contributed by atoms with Gasteiger partial charge in [0.05, 0.1) is 11.5 Å². The lowest BCUT2D eigenvalue weighted by molar-refractivity contribution is 0.102. The van der Waals surface area contributed by atoms with Crippen LogP contribution in [0.25, 0.3) is 11.4 Å². The van der Waals surface area contributed by atoms with E-state index in [-0.39, 0.29) is 17.4 Å². The molecule has 2 aromatic carbocycles. The molecule has 0 aliphatic carbocycles. The van der Waals surface area contributed by atoms with Gasteiger partial charge in [0.2, 0.25) is 0 Å². The lowest BCUT2D eigenvalue weighted by Gasteiger charge is -2.26. The molecule has 2 N–H and O–H groups in total. The van der Waals surface area contributed by atoms with E-state index in [1.54, 1.807) is 6.07 Å². The van der Waals surface area contributed by atoms with Crippen molar-refractivity contribution in [1.29, 1.82) is 0 Å². The van der Waals surface area contributed by atoms with Crippen LogP contribution in [-0.2, 0) is 16.4 Å². The maximum Gasteiger partial charge on any atom is 0.255 e. The summed E-state index contributed by atoms with van der Waals surface area (Å²) in [4.78, 5) is 19.1. The van der Waals surface area contributed by atoms with Crippen molar-refractivity contribution in [1.82, 2.24) is 20.1 Å². The molecule has 4 rings (SSSR count). The fourth-order valence-electron chi connectivity index (χ4n) is 3.36. The van der Waals surface area contributed by atoms with Gasteiger partial charge >= 0.3 is 0 Å². The third-order valence-electron chi connectivity index (χ3n) is 5.03. The third kappa shape index (κ3) is 4.92. The number of benzene rings is 2. The molecule has 2 heterocycles. The van der Waals surface area contributed by atoms with Crippen molar-refractivity contribution >= 4 is 21.4 Å². The summed E-state index contributed by atoms with van der Waals surface area (Å²) in [6, 6.07) is 14.8. The van der Waals surface area contributed by atoms with Crippen LogP contribution in [0.3, 0.4) is 0 Å². The molecule has 9 heteroatoms. The Morgan fingerprint density at radius 1 is 1.13 bits per heavy atom. The summed E-state index contributed by atoms with van der Waals surface area (Å²) in [5.41, 5.74) is 3.09. The van der Waals surface area contributed by atoms with Gasteiger partial charge in [-0.1, -0.05) is 12.1 Å². The molecule has 0 atom stereocenters. The number of aromatic amines is 1. The average molecular weight is 426 g/mol. The molecule has 0 unspecified atom stereocenters. The van der Waals surface area contributed by atoms with Gasteiger partial charge < -0.3 is 5.32 Å². The number of aryl methyl sites for hydroxylation is 1.